The van der Waals surface area contributed by atoms with Crippen molar-refractivity contribution in [1.82, 2.24) is 9.96 Å². The van der Waals surface area contributed by atoms with Gasteiger partial charge in [0.2, 0.25) is 6.04 Å². The smallest absolute Gasteiger partial charge is 0.278 e. The van der Waals surface area contributed by atoms with Crippen molar-refractivity contribution >= 4 is 23.6 Å². The van der Waals surface area contributed by atoms with E-state index in [2.05, 4.69) is 0 Å². The van der Waals surface area contributed by atoms with Gasteiger partial charge in [-0.1, -0.05) is 12.1 Å². The maximum absolute atomic E-state index is 11.9. The van der Waals surface area contributed by atoms with Crippen molar-refractivity contribution in [1.29, 1.82) is 0 Å². The normalized spacial score (nSPS) is 19.4. The van der Waals surface area contributed by atoms with Crippen molar-refractivity contribution in [2.45, 2.75) is 6.04 Å². The van der Waals surface area contributed by atoms with Gasteiger partial charge in [-0.05, 0) is 12.1 Å². The Balaban J connectivity index is 2.03. The molecule has 0 aliphatic carbocycles. The molecule has 0 unspecified atom stereocenters. The minimum atomic E-state index is -1.54. The summed E-state index contributed by atoms with van der Waals surface area (Å²) >= 11 is 0. The van der Waals surface area contributed by atoms with Crippen molar-refractivity contribution in [2.75, 3.05) is 0 Å². The Labute approximate surface area is 100 Å². The number of carbonyl (C=O) groups excluding carboxylic acids is 4. The molecule has 1 aromatic carbocycles. The maximum Gasteiger partial charge on any atom is 0.286 e. The molecule has 7 nitrogen and oxygen atoms in total. The average Bonchev–Trinajstić information content (AvgIpc) is 2.64. The summed E-state index contributed by atoms with van der Waals surface area (Å²) in [6.07, 6.45) is 0. The Morgan fingerprint density at radius 1 is 0.889 bits per heavy atom. The molecule has 18 heavy (non-hydrogen) atoms. The highest BCUT2D eigenvalue weighted by Crippen LogP contribution is 2.28. The van der Waals surface area contributed by atoms with Crippen LogP contribution in [0, 0.1) is 0 Å². The number of rotatable bonds is 1. The van der Waals surface area contributed by atoms with Gasteiger partial charge in [-0.15, -0.1) is 0 Å². The van der Waals surface area contributed by atoms with Crippen LogP contribution in [0.1, 0.15) is 20.7 Å². The molecule has 2 aliphatic heterocycles. The number of fused-ring (bicyclic) bond motifs is 1. The lowest BCUT2D eigenvalue weighted by Gasteiger charge is -2.34. The third kappa shape index (κ3) is 1.06. The molecule has 7 heteroatoms. The van der Waals surface area contributed by atoms with E-state index in [1.807, 2.05) is 0 Å². The van der Waals surface area contributed by atoms with Crippen molar-refractivity contribution in [3.8, 4) is 0 Å². The third-order valence-corrected chi connectivity index (χ3v) is 2.97. The van der Waals surface area contributed by atoms with Crippen LogP contribution in [0.4, 0.5) is 0 Å². The molecule has 1 aromatic rings. The van der Waals surface area contributed by atoms with Crippen LogP contribution in [-0.4, -0.2) is 44.8 Å². The number of hydroxylamine groups is 2. The fourth-order valence-electron chi connectivity index (χ4n) is 2.04. The van der Waals surface area contributed by atoms with Crippen molar-refractivity contribution in [3.05, 3.63) is 35.4 Å². The molecule has 0 saturated carbocycles. The second-order valence-corrected chi connectivity index (χ2v) is 3.92. The summed E-state index contributed by atoms with van der Waals surface area (Å²) in [6.45, 7) is 0. The second kappa shape index (κ2) is 3.23. The molecule has 90 valence electrons. The van der Waals surface area contributed by atoms with Gasteiger partial charge in [0.25, 0.3) is 23.6 Å². The molecule has 1 N–H and O–H groups in total. The molecule has 0 bridgehead atoms. The van der Waals surface area contributed by atoms with Crippen LogP contribution in [0.3, 0.4) is 0 Å². The number of β-lactam (4-membered cyclic amide) rings is 2. The van der Waals surface area contributed by atoms with Gasteiger partial charge >= 0.3 is 0 Å². The molecule has 1 fully saturated rings. The SMILES string of the molecule is O=C1C(N2C(=O)c3ccccc3C2=O)C(=O)N1O. The van der Waals surface area contributed by atoms with Crippen molar-refractivity contribution in [3.63, 3.8) is 0 Å². The monoisotopic (exact) mass is 246 g/mol. The summed E-state index contributed by atoms with van der Waals surface area (Å²) in [5.74, 6) is -3.35. The molecule has 1 saturated heterocycles. The van der Waals surface area contributed by atoms with Gasteiger partial charge in [0.1, 0.15) is 0 Å². The molecule has 3 rings (SSSR count). The van der Waals surface area contributed by atoms with E-state index >= 15 is 0 Å². The van der Waals surface area contributed by atoms with E-state index in [-0.39, 0.29) is 16.2 Å². The Kier molecular flexibility index (Phi) is 1.91. The molecule has 2 aliphatic rings. The average molecular weight is 246 g/mol. The van der Waals surface area contributed by atoms with E-state index < -0.39 is 29.7 Å². The minimum absolute atomic E-state index is 0.103. The Hall–Kier alpha value is -2.54. The highest BCUT2D eigenvalue weighted by Gasteiger charge is 2.56. The van der Waals surface area contributed by atoms with Crippen LogP contribution in [-0.2, 0) is 9.59 Å². The number of imide groups is 2. The fourth-order valence-corrected chi connectivity index (χ4v) is 2.04. The van der Waals surface area contributed by atoms with Gasteiger partial charge in [-0.3, -0.25) is 29.3 Å². The first-order valence-corrected chi connectivity index (χ1v) is 5.07. The van der Waals surface area contributed by atoms with Crippen LogP contribution in [0.2, 0.25) is 0 Å². The first-order chi connectivity index (χ1) is 8.54. The Bertz CT molecular complexity index is 573. The predicted molar refractivity (Wildman–Crippen MR) is 54.4 cm³/mol. The van der Waals surface area contributed by atoms with E-state index in [9.17, 15) is 19.2 Å². The van der Waals surface area contributed by atoms with Crippen LogP contribution in [0.15, 0.2) is 24.3 Å². The number of benzene rings is 1. The summed E-state index contributed by atoms with van der Waals surface area (Å²) in [5.41, 5.74) is 0.305. The fraction of sp³-hybridized carbons (Fsp3) is 0.0909. The second-order valence-electron chi connectivity index (χ2n) is 3.92. The minimum Gasteiger partial charge on any atom is -0.278 e. The molecule has 0 spiro atoms. The quantitative estimate of drug-likeness (QED) is 0.309. The van der Waals surface area contributed by atoms with Gasteiger partial charge in [-0.2, -0.15) is 5.06 Å². The van der Waals surface area contributed by atoms with E-state index in [4.69, 9.17) is 5.21 Å². The molecular formula is C11H6N2O5. The zero-order chi connectivity index (χ0) is 13.0. The molecule has 0 radical (unpaired) electrons. The summed E-state index contributed by atoms with van der Waals surface area (Å²) in [6, 6.07) is 4.51. The Morgan fingerprint density at radius 2 is 1.33 bits per heavy atom. The predicted octanol–water partition coefficient (Wildman–Crippen LogP) is -0.591. The standard InChI is InChI=1S/C11H6N2O5/c14-8-5-3-1-2-4-6(5)9(15)12(8)7-10(16)13(18)11(7)17/h1-4,7,18H. The molecule has 4 amide bonds. The van der Waals surface area contributed by atoms with E-state index in [0.717, 1.165) is 0 Å². The van der Waals surface area contributed by atoms with Gasteiger partial charge in [0, 0.05) is 0 Å². The lowest BCUT2D eigenvalue weighted by molar-refractivity contribution is -0.203. The van der Waals surface area contributed by atoms with Crippen LogP contribution >= 0.6 is 0 Å². The van der Waals surface area contributed by atoms with Gasteiger partial charge in [0.05, 0.1) is 11.1 Å². The lowest BCUT2D eigenvalue weighted by Crippen LogP contribution is -2.67. The molecule has 0 atom stereocenters. The zero-order valence-electron chi connectivity index (χ0n) is 8.86. The zero-order valence-corrected chi connectivity index (χ0v) is 8.86. The summed E-state index contributed by atoms with van der Waals surface area (Å²) in [7, 11) is 0. The summed E-state index contributed by atoms with van der Waals surface area (Å²) in [5, 5.41) is 8.79. The number of amides is 4. The highest BCUT2D eigenvalue weighted by molar-refractivity contribution is 6.30. The van der Waals surface area contributed by atoms with Crippen molar-refractivity contribution in [2.24, 2.45) is 0 Å². The Morgan fingerprint density at radius 3 is 1.78 bits per heavy atom. The number of hydrogen-bond donors (Lipinski definition) is 1. The van der Waals surface area contributed by atoms with Crippen LogP contribution < -0.4 is 0 Å². The first kappa shape index (κ1) is 10.6. The number of hydrogen-bond acceptors (Lipinski definition) is 5. The van der Waals surface area contributed by atoms with E-state index in [1.165, 1.54) is 12.1 Å². The van der Waals surface area contributed by atoms with Gasteiger partial charge in [-0.25, -0.2) is 0 Å². The van der Waals surface area contributed by atoms with Crippen molar-refractivity contribution < 1.29 is 24.4 Å². The van der Waals surface area contributed by atoms with E-state index in [0.29, 0.717) is 4.90 Å². The van der Waals surface area contributed by atoms with Gasteiger partial charge in [0.15, 0.2) is 0 Å². The van der Waals surface area contributed by atoms with Crippen LogP contribution in [0.25, 0.3) is 0 Å². The maximum atomic E-state index is 11.9. The molecular weight excluding hydrogens is 240 g/mol. The summed E-state index contributed by atoms with van der Waals surface area (Å²) in [4.78, 5) is 47.1. The van der Waals surface area contributed by atoms with E-state index in [1.54, 1.807) is 12.1 Å². The topological polar surface area (TPSA) is 95.0 Å². The molecule has 0 aromatic heterocycles. The largest absolute Gasteiger partial charge is 0.286 e. The first-order valence-electron chi connectivity index (χ1n) is 5.07. The third-order valence-electron chi connectivity index (χ3n) is 2.97. The highest BCUT2D eigenvalue weighted by atomic mass is 16.5. The lowest BCUT2D eigenvalue weighted by atomic mass is 10.1. The number of nitrogens with zero attached hydrogens (tertiary/aromatic N) is 2. The van der Waals surface area contributed by atoms with Crippen LogP contribution in [0.5, 0.6) is 0 Å². The molecule has 2 heterocycles. The van der Waals surface area contributed by atoms with Gasteiger partial charge < -0.3 is 0 Å². The summed E-state index contributed by atoms with van der Waals surface area (Å²) < 4.78 is 0. The number of carbonyl (C=O) groups is 4.